The van der Waals surface area contributed by atoms with E-state index < -0.39 is 0 Å². The fourth-order valence-corrected chi connectivity index (χ4v) is 4.81. The van der Waals surface area contributed by atoms with Crippen LogP contribution in [0.1, 0.15) is 84.6 Å². The molecule has 0 aromatic heterocycles. The zero-order chi connectivity index (χ0) is 23.7. The first kappa shape index (κ1) is 26.4. The van der Waals surface area contributed by atoms with Crippen molar-refractivity contribution in [3.63, 3.8) is 0 Å². The number of nitrogens with two attached hydrogens (primary N) is 1. The molecule has 0 bridgehead atoms. The van der Waals surface area contributed by atoms with Gasteiger partial charge in [0.2, 0.25) is 0 Å². The van der Waals surface area contributed by atoms with Crippen LogP contribution in [0.2, 0.25) is 0 Å². The van der Waals surface area contributed by atoms with Gasteiger partial charge in [-0.25, -0.2) is 0 Å². The highest BCUT2D eigenvalue weighted by atomic mass is 31.0. The van der Waals surface area contributed by atoms with Crippen LogP contribution in [0.25, 0.3) is 5.57 Å². The van der Waals surface area contributed by atoms with Gasteiger partial charge in [0.1, 0.15) is 6.61 Å². The van der Waals surface area contributed by atoms with Gasteiger partial charge in [0.05, 0.1) is 0 Å². The third-order valence-electron chi connectivity index (χ3n) is 6.46. The second-order valence-electron chi connectivity index (χ2n) is 9.05. The molecule has 2 rings (SSSR count). The van der Waals surface area contributed by atoms with Crippen LogP contribution in [0, 0.1) is 11.8 Å². The van der Waals surface area contributed by atoms with Crippen LogP contribution < -0.4 is 11.0 Å². The average molecular weight is 456 g/mol. The lowest BCUT2D eigenvalue weighted by molar-refractivity contribution is -0.142. The Morgan fingerprint density at radius 2 is 1.97 bits per heavy atom. The van der Waals surface area contributed by atoms with Crippen molar-refractivity contribution in [3.05, 3.63) is 53.1 Å². The van der Waals surface area contributed by atoms with Gasteiger partial charge < -0.3 is 10.5 Å². The molecule has 1 saturated carbocycles. The van der Waals surface area contributed by atoms with Crippen LogP contribution in [-0.2, 0) is 9.53 Å². The zero-order valence-electron chi connectivity index (χ0n) is 20.5. The molecule has 2 N–H and O–H groups in total. The molecule has 1 aromatic rings. The van der Waals surface area contributed by atoms with Crippen LogP contribution in [-0.4, -0.2) is 12.6 Å². The average Bonchev–Trinajstić information content (AvgIpc) is 3.59. The number of carbonyl (C=O) groups is 1. The third kappa shape index (κ3) is 7.62. The number of carbonyl (C=O) groups excluding carboxylic acids is 1. The lowest BCUT2D eigenvalue weighted by Gasteiger charge is -2.24. The molecule has 2 atom stereocenters. The summed E-state index contributed by atoms with van der Waals surface area (Å²) >= 11 is 0. The zero-order valence-corrected chi connectivity index (χ0v) is 21.7. The Morgan fingerprint density at radius 1 is 1.25 bits per heavy atom. The van der Waals surface area contributed by atoms with Gasteiger partial charge >= 0.3 is 5.97 Å². The van der Waals surface area contributed by atoms with Gasteiger partial charge in [-0.1, -0.05) is 64.8 Å². The first-order valence-corrected chi connectivity index (χ1v) is 12.8. The van der Waals surface area contributed by atoms with Crippen molar-refractivity contribution in [3.8, 4) is 0 Å². The number of hydrogen-bond acceptors (Lipinski definition) is 3. The van der Waals surface area contributed by atoms with Gasteiger partial charge in [0.25, 0.3) is 0 Å². The summed E-state index contributed by atoms with van der Waals surface area (Å²) in [7, 11) is 2.81. The maximum absolute atomic E-state index is 12.0. The first-order valence-electron chi connectivity index (χ1n) is 12.2. The highest BCUT2D eigenvalue weighted by Crippen LogP contribution is 2.39. The topological polar surface area (TPSA) is 52.3 Å². The van der Waals surface area contributed by atoms with Gasteiger partial charge in [0, 0.05) is 17.7 Å². The predicted molar refractivity (Wildman–Crippen MR) is 142 cm³/mol. The van der Waals surface area contributed by atoms with Gasteiger partial charge in [-0.05, 0) is 78.1 Å². The Kier molecular flexibility index (Phi) is 10.7. The SMILES string of the molecule is C=C(CC)/C(COC(=O)CC)=C(\C=C(/C)c1c(N)cccc1P)C(CCC)CCC1CC1. The van der Waals surface area contributed by atoms with E-state index in [1.807, 2.05) is 19.1 Å². The summed E-state index contributed by atoms with van der Waals surface area (Å²) in [5, 5.41) is 1.09. The molecule has 3 nitrogen and oxygen atoms in total. The fourth-order valence-electron chi connectivity index (χ4n) is 4.31. The van der Waals surface area contributed by atoms with Crippen LogP contribution in [0.4, 0.5) is 5.69 Å². The first-order chi connectivity index (χ1) is 15.3. The number of rotatable bonds is 13. The number of anilines is 1. The lowest BCUT2D eigenvalue weighted by Crippen LogP contribution is -2.14. The van der Waals surface area contributed by atoms with E-state index in [2.05, 4.69) is 48.7 Å². The number of benzene rings is 1. The predicted octanol–water partition coefficient (Wildman–Crippen LogP) is 7.00. The second-order valence-corrected chi connectivity index (χ2v) is 9.67. The number of nitrogen functional groups attached to an aromatic ring is 1. The van der Waals surface area contributed by atoms with Gasteiger partial charge in [-0.3, -0.25) is 4.79 Å². The maximum Gasteiger partial charge on any atom is 0.305 e. The minimum atomic E-state index is -0.170. The molecule has 0 heterocycles. The smallest absolute Gasteiger partial charge is 0.305 e. The van der Waals surface area contributed by atoms with Gasteiger partial charge in [-0.15, -0.1) is 9.24 Å². The molecule has 1 aromatic carbocycles. The summed E-state index contributed by atoms with van der Waals surface area (Å²) in [5.41, 5.74) is 12.8. The molecule has 1 aliphatic carbocycles. The maximum atomic E-state index is 12.0. The van der Waals surface area contributed by atoms with E-state index in [4.69, 9.17) is 10.5 Å². The monoisotopic (exact) mass is 455 g/mol. The highest BCUT2D eigenvalue weighted by molar-refractivity contribution is 7.27. The molecule has 4 heteroatoms. The van der Waals surface area contributed by atoms with Crippen molar-refractivity contribution in [2.24, 2.45) is 11.8 Å². The second kappa shape index (κ2) is 13.0. The van der Waals surface area contributed by atoms with E-state index in [0.29, 0.717) is 18.9 Å². The summed E-state index contributed by atoms with van der Waals surface area (Å²) in [4.78, 5) is 12.0. The Hall–Kier alpha value is -1.86. The minimum absolute atomic E-state index is 0.170. The van der Waals surface area contributed by atoms with Crippen molar-refractivity contribution in [1.82, 2.24) is 0 Å². The van der Waals surface area contributed by atoms with Crippen molar-refractivity contribution in [2.45, 2.75) is 79.1 Å². The largest absolute Gasteiger partial charge is 0.461 e. The minimum Gasteiger partial charge on any atom is -0.461 e. The fraction of sp³-hybridized carbons (Fsp3) is 0.536. The van der Waals surface area contributed by atoms with Crippen LogP contribution >= 0.6 is 9.24 Å². The number of ether oxygens (including phenoxy) is 1. The molecule has 1 aliphatic rings. The number of esters is 1. The number of allylic oxidation sites excluding steroid dienone is 3. The van der Waals surface area contributed by atoms with E-state index in [0.717, 1.165) is 64.9 Å². The summed E-state index contributed by atoms with van der Waals surface area (Å²) < 4.78 is 5.64. The highest BCUT2D eigenvalue weighted by Gasteiger charge is 2.25. The molecule has 2 unspecified atom stereocenters. The molecule has 0 amide bonds. The molecule has 0 saturated heterocycles. The van der Waals surface area contributed by atoms with E-state index in [9.17, 15) is 4.79 Å². The van der Waals surface area contributed by atoms with E-state index in [1.165, 1.54) is 24.8 Å². The summed E-state index contributed by atoms with van der Waals surface area (Å²) in [6, 6.07) is 6.01. The molecule has 0 aliphatic heterocycles. The molecular weight excluding hydrogens is 413 g/mol. The van der Waals surface area contributed by atoms with Crippen molar-refractivity contribution < 1.29 is 9.53 Å². The van der Waals surface area contributed by atoms with Crippen molar-refractivity contribution >= 4 is 31.8 Å². The summed E-state index contributed by atoms with van der Waals surface area (Å²) in [5.74, 6) is 1.14. The van der Waals surface area contributed by atoms with Crippen LogP contribution in [0.3, 0.4) is 0 Å². The normalized spacial score (nSPS) is 15.8. The van der Waals surface area contributed by atoms with Gasteiger partial charge in [-0.2, -0.15) is 0 Å². The lowest BCUT2D eigenvalue weighted by atomic mass is 9.82. The number of hydrogen-bond donors (Lipinski definition) is 1. The molecule has 176 valence electrons. The summed E-state index contributed by atoms with van der Waals surface area (Å²) in [6.45, 7) is 13.0. The quantitative estimate of drug-likeness (QED) is 0.151. The standard InChI is InChI=1S/C28H42NO2P/c1-6-10-22(16-15-21-13-14-21)23(24(19(4)7-2)18-31-27(30)8-3)17-20(5)28-25(29)11-9-12-26(28)32/h9,11-12,17,21-22H,4,6-8,10,13-16,18,29,32H2,1-3,5H3/b20-17+,24-23+. The van der Waals surface area contributed by atoms with E-state index in [1.54, 1.807) is 0 Å². The van der Waals surface area contributed by atoms with Crippen LogP contribution in [0.15, 0.2) is 47.6 Å². The Morgan fingerprint density at radius 3 is 2.53 bits per heavy atom. The molecular formula is C28H42NO2P. The van der Waals surface area contributed by atoms with Crippen LogP contribution in [0.5, 0.6) is 0 Å². The molecule has 32 heavy (non-hydrogen) atoms. The molecule has 1 fully saturated rings. The van der Waals surface area contributed by atoms with E-state index in [-0.39, 0.29) is 5.97 Å². The van der Waals surface area contributed by atoms with E-state index >= 15 is 0 Å². The van der Waals surface area contributed by atoms with Gasteiger partial charge in [0.15, 0.2) is 0 Å². The molecule has 0 radical (unpaired) electrons. The van der Waals surface area contributed by atoms with Crippen molar-refractivity contribution in [2.75, 3.05) is 12.3 Å². The Balaban J connectivity index is 2.59. The Bertz CT molecular complexity index is 844. The third-order valence-corrected chi connectivity index (χ3v) is 6.94. The Labute approximate surface area is 197 Å². The molecule has 0 spiro atoms. The van der Waals surface area contributed by atoms with Crippen molar-refractivity contribution in [1.29, 1.82) is 0 Å². The summed E-state index contributed by atoms with van der Waals surface area (Å²) in [6.07, 6.45) is 10.9.